The van der Waals surface area contributed by atoms with Crippen LogP contribution in [0.5, 0.6) is 5.75 Å². The van der Waals surface area contributed by atoms with E-state index < -0.39 is 0 Å². The molecule has 0 unspecified atom stereocenters. The third-order valence-corrected chi connectivity index (χ3v) is 4.95. The third kappa shape index (κ3) is 2.93. The molecule has 0 radical (unpaired) electrons. The molecule has 1 aromatic heterocycles. The zero-order valence-corrected chi connectivity index (χ0v) is 15.2. The van der Waals surface area contributed by atoms with Crippen LogP contribution in [0.4, 0.5) is 0 Å². The lowest BCUT2D eigenvalue weighted by molar-refractivity contribution is 0.301. The number of benzene rings is 3. The number of nitrogens with two attached hydrogens (primary N) is 1. The Morgan fingerprint density at radius 2 is 1.77 bits per heavy atom. The number of ether oxygens (including phenoxy) is 1. The Morgan fingerprint density at radius 1 is 1.00 bits per heavy atom. The maximum absolute atomic E-state index is 6.11. The number of aromatic nitrogens is 2. The fraction of sp³-hybridized carbons (Fsp3) is 0.227. The van der Waals surface area contributed by atoms with Gasteiger partial charge in [0, 0.05) is 5.39 Å². The van der Waals surface area contributed by atoms with Gasteiger partial charge >= 0.3 is 0 Å². The van der Waals surface area contributed by atoms with Crippen molar-refractivity contribution in [1.29, 1.82) is 0 Å². The molecule has 0 fully saturated rings. The second kappa shape index (κ2) is 6.81. The number of imidazole rings is 1. The van der Waals surface area contributed by atoms with Gasteiger partial charge in [-0.1, -0.05) is 36.4 Å². The maximum atomic E-state index is 6.11. The Labute approximate surface area is 153 Å². The van der Waals surface area contributed by atoms with Crippen molar-refractivity contribution in [3.8, 4) is 5.75 Å². The topological polar surface area (TPSA) is 53.1 Å². The quantitative estimate of drug-likeness (QED) is 0.585. The second-order valence-corrected chi connectivity index (χ2v) is 6.63. The first-order valence-electron chi connectivity index (χ1n) is 8.94. The normalized spacial score (nSPS) is 11.3. The van der Waals surface area contributed by atoms with Crippen molar-refractivity contribution in [3.05, 3.63) is 71.5 Å². The first-order valence-corrected chi connectivity index (χ1v) is 8.94. The lowest BCUT2D eigenvalue weighted by Crippen LogP contribution is -2.13. The number of nitrogens with zero attached hydrogens (tertiary/aromatic N) is 2. The van der Waals surface area contributed by atoms with Crippen LogP contribution in [0.25, 0.3) is 21.8 Å². The Morgan fingerprint density at radius 3 is 2.62 bits per heavy atom. The van der Waals surface area contributed by atoms with Gasteiger partial charge in [-0.25, -0.2) is 4.98 Å². The van der Waals surface area contributed by atoms with Gasteiger partial charge in [-0.3, -0.25) is 0 Å². The van der Waals surface area contributed by atoms with E-state index in [9.17, 15) is 0 Å². The molecule has 4 rings (SSSR count). The number of hydrogen-bond donors (Lipinski definition) is 1. The highest BCUT2D eigenvalue weighted by Gasteiger charge is 2.11. The smallest absolute Gasteiger partial charge is 0.127 e. The number of rotatable bonds is 5. The van der Waals surface area contributed by atoms with E-state index in [1.807, 2.05) is 24.3 Å². The average Bonchev–Trinajstić information content (AvgIpc) is 2.99. The van der Waals surface area contributed by atoms with Gasteiger partial charge in [0.15, 0.2) is 0 Å². The molecule has 0 amide bonds. The predicted molar refractivity (Wildman–Crippen MR) is 107 cm³/mol. The lowest BCUT2D eigenvalue weighted by Gasteiger charge is -2.12. The second-order valence-electron chi connectivity index (χ2n) is 6.63. The van der Waals surface area contributed by atoms with Crippen molar-refractivity contribution >= 4 is 21.8 Å². The van der Waals surface area contributed by atoms with Crippen LogP contribution in [-0.4, -0.2) is 16.2 Å². The average molecular weight is 345 g/mol. The zero-order chi connectivity index (χ0) is 18.1. The van der Waals surface area contributed by atoms with Crippen molar-refractivity contribution in [2.75, 3.05) is 6.61 Å². The predicted octanol–water partition coefficient (Wildman–Crippen LogP) is 4.34. The van der Waals surface area contributed by atoms with Crippen LogP contribution in [-0.2, 0) is 13.1 Å². The van der Waals surface area contributed by atoms with Gasteiger partial charge in [0.05, 0.1) is 24.1 Å². The molecule has 0 spiro atoms. The van der Waals surface area contributed by atoms with Gasteiger partial charge in [0.1, 0.15) is 18.2 Å². The Bertz CT molecular complexity index is 1080. The molecule has 26 heavy (non-hydrogen) atoms. The van der Waals surface area contributed by atoms with Gasteiger partial charge in [-0.2, -0.15) is 0 Å². The van der Waals surface area contributed by atoms with Crippen LogP contribution in [0, 0.1) is 13.8 Å². The standard InChI is InChI=1S/C22H23N3O/c1-15-12-19-20(13-16(15)2)25(22(14-23)24-19)10-11-26-21-9-5-7-17-6-3-4-8-18(17)21/h3-9,12-13H,10-11,14,23H2,1-2H3. The van der Waals surface area contributed by atoms with Crippen molar-refractivity contribution in [2.24, 2.45) is 5.73 Å². The van der Waals surface area contributed by atoms with Crippen molar-refractivity contribution < 1.29 is 4.74 Å². The molecule has 4 heteroatoms. The van der Waals surface area contributed by atoms with Crippen molar-refractivity contribution in [1.82, 2.24) is 9.55 Å². The van der Waals surface area contributed by atoms with E-state index >= 15 is 0 Å². The Balaban J connectivity index is 1.60. The molecule has 4 aromatic rings. The maximum Gasteiger partial charge on any atom is 0.127 e. The summed E-state index contributed by atoms with van der Waals surface area (Å²) < 4.78 is 8.28. The summed E-state index contributed by atoms with van der Waals surface area (Å²) in [7, 11) is 0. The van der Waals surface area contributed by atoms with Crippen molar-refractivity contribution in [2.45, 2.75) is 26.9 Å². The van der Waals surface area contributed by atoms with Gasteiger partial charge in [-0.15, -0.1) is 0 Å². The monoisotopic (exact) mass is 345 g/mol. The van der Waals surface area contributed by atoms with Crippen LogP contribution < -0.4 is 10.5 Å². The summed E-state index contributed by atoms with van der Waals surface area (Å²) in [5.74, 6) is 1.81. The molecule has 132 valence electrons. The first kappa shape index (κ1) is 16.6. The molecule has 0 saturated heterocycles. The highest BCUT2D eigenvalue weighted by Crippen LogP contribution is 2.25. The van der Waals surface area contributed by atoms with E-state index in [0.717, 1.165) is 34.5 Å². The Kier molecular flexibility index (Phi) is 4.35. The molecular formula is C22H23N3O. The van der Waals surface area contributed by atoms with E-state index in [-0.39, 0.29) is 0 Å². The SMILES string of the molecule is Cc1cc2nc(CN)n(CCOc3cccc4ccccc34)c2cc1C. The van der Waals surface area contributed by atoms with Crippen LogP contribution >= 0.6 is 0 Å². The fourth-order valence-corrected chi connectivity index (χ4v) is 3.40. The molecule has 0 aliphatic carbocycles. The molecule has 2 N–H and O–H groups in total. The van der Waals surface area contributed by atoms with Crippen molar-refractivity contribution in [3.63, 3.8) is 0 Å². The van der Waals surface area contributed by atoms with E-state index in [2.05, 4.69) is 48.7 Å². The summed E-state index contributed by atoms with van der Waals surface area (Å²) in [4.78, 5) is 4.69. The van der Waals surface area contributed by atoms with Gasteiger partial charge in [0.25, 0.3) is 0 Å². The highest BCUT2D eigenvalue weighted by molar-refractivity contribution is 5.88. The Hall–Kier alpha value is -2.85. The summed E-state index contributed by atoms with van der Waals surface area (Å²) in [5.41, 5.74) is 10.6. The molecule has 0 aliphatic heterocycles. The molecule has 4 nitrogen and oxygen atoms in total. The zero-order valence-electron chi connectivity index (χ0n) is 15.2. The summed E-state index contributed by atoms with van der Waals surface area (Å²) >= 11 is 0. The minimum atomic E-state index is 0.418. The van der Waals surface area contributed by atoms with Gasteiger partial charge in [0.2, 0.25) is 0 Å². The number of hydrogen-bond acceptors (Lipinski definition) is 3. The van der Waals surface area contributed by atoms with E-state index in [4.69, 9.17) is 15.5 Å². The van der Waals surface area contributed by atoms with E-state index in [0.29, 0.717) is 13.2 Å². The first-order chi connectivity index (χ1) is 12.7. The molecule has 0 saturated carbocycles. The number of aryl methyl sites for hydroxylation is 2. The summed E-state index contributed by atoms with van der Waals surface area (Å²) in [5, 5.41) is 2.32. The molecule has 1 heterocycles. The summed E-state index contributed by atoms with van der Waals surface area (Å²) in [6.07, 6.45) is 0. The fourth-order valence-electron chi connectivity index (χ4n) is 3.40. The third-order valence-electron chi connectivity index (χ3n) is 4.95. The molecule has 0 bridgehead atoms. The molecular weight excluding hydrogens is 322 g/mol. The van der Waals surface area contributed by atoms with Crippen LogP contribution in [0.3, 0.4) is 0 Å². The van der Waals surface area contributed by atoms with Gasteiger partial charge < -0.3 is 15.0 Å². The van der Waals surface area contributed by atoms with E-state index in [1.165, 1.54) is 16.5 Å². The molecule has 3 aromatic carbocycles. The van der Waals surface area contributed by atoms with Gasteiger partial charge in [-0.05, 0) is 48.6 Å². The minimum absolute atomic E-state index is 0.418. The summed E-state index contributed by atoms with van der Waals surface area (Å²) in [6, 6.07) is 18.7. The van der Waals surface area contributed by atoms with Crippen LogP contribution in [0.15, 0.2) is 54.6 Å². The highest BCUT2D eigenvalue weighted by atomic mass is 16.5. The minimum Gasteiger partial charge on any atom is -0.491 e. The lowest BCUT2D eigenvalue weighted by atomic mass is 10.1. The largest absolute Gasteiger partial charge is 0.491 e. The molecule has 0 aliphatic rings. The van der Waals surface area contributed by atoms with Crippen LogP contribution in [0.2, 0.25) is 0 Å². The van der Waals surface area contributed by atoms with E-state index in [1.54, 1.807) is 0 Å². The summed E-state index contributed by atoms with van der Waals surface area (Å²) in [6.45, 7) is 5.94. The van der Waals surface area contributed by atoms with Crippen LogP contribution in [0.1, 0.15) is 17.0 Å². The molecule has 0 atom stereocenters. The number of fused-ring (bicyclic) bond motifs is 2.